The summed E-state index contributed by atoms with van der Waals surface area (Å²) in [6.07, 6.45) is 7.63. The zero-order valence-electron chi connectivity index (χ0n) is 19.2. The fourth-order valence-corrected chi connectivity index (χ4v) is 4.08. The van der Waals surface area contributed by atoms with Crippen molar-refractivity contribution in [3.05, 3.63) is 71.8 Å². The highest BCUT2D eigenvalue weighted by Crippen LogP contribution is 2.27. The second-order valence-corrected chi connectivity index (χ2v) is 8.57. The van der Waals surface area contributed by atoms with Gasteiger partial charge in [-0.05, 0) is 61.6 Å². The first kappa shape index (κ1) is 24.5. The second kappa shape index (κ2) is 12.2. The highest BCUT2D eigenvalue weighted by atomic mass is 16.5. The lowest BCUT2D eigenvalue weighted by Crippen LogP contribution is -2.32. The number of aliphatic carboxylic acids is 1. The first-order chi connectivity index (χ1) is 15.9. The molecule has 6 heteroatoms. The summed E-state index contributed by atoms with van der Waals surface area (Å²) in [5.74, 6) is 0.783. The third-order valence-electron chi connectivity index (χ3n) is 5.85. The van der Waals surface area contributed by atoms with Crippen molar-refractivity contribution in [1.82, 2.24) is 4.90 Å². The highest BCUT2D eigenvalue weighted by Gasteiger charge is 2.28. The molecule has 2 aromatic rings. The lowest BCUT2D eigenvalue weighted by Gasteiger charge is -2.22. The summed E-state index contributed by atoms with van der Waals surface area (Å²) in [7, 11) is 0. The summed E-state index contributed by atoms with van der Waals surface area (Å²) in [5, 5.41) is 19.4. The van der Waals surface area contributed by atoms with E-state index in [2.05, 4.69) is 0 Å². The van der Waals surface area contributed by atoms with Crippen LogP contribution in [0.3, 0.4) is 0 Å². The van der Waals surface area contributed by atoms with Gasteiger partial charge in [-0.25, -0.2) is 0 Å². The number of unbranched alkanes of at least 4 members (excludes halogenated alkanes) is 3. The molecule has 2 aromatic carbocycles. The molecule has 6 nitrogen and oxygen atoms in total. The van der Waals surface area contributed by atoms with E-state index < -0.39 is 12.1 Å². The van der Waals surface area contributed by atoms with Crippen molar-refractivity contribution >= 4 is 11.9 Å². The van der Waals surface area contributed by atoms with Crippen LogP contribution in [0.15, 0.2) is 60.7 Å². The number of nitrogens with zero attached hydrogens (tertiary/aromatic N) is 1. The number of benzene rings is 2. The minimum Gasteiger partial charge on any atom is -0.481 e. The fourth-order valence-electron chi connectivity index (χ4n) is 4.08. The molecule has 33 heavy (non-hydrogen) atoms. The van der Waals surface area contributed by atoms with Gasteiger partial charge in [0.15, 0.2) is 0 Å². The molecule has 1 saturated heterocycles. The van der Waals surface area contributed by atoms with E-state index in [1.807, 2.05) is 66.4 Å². The van der Waals surface area contributed by atoms with Gasteiger partial charge in [0.2, 0.25) is 5.91 Å². The number of hydrogen-bond donors (Lipinski definition) is 2. The van der Waals surface area contributed by atoms with E-state index >= 15 is 0 Å². The number of likely N-dealkylation sites (tertiary alicyclic amines) is 1. The SMILES string of the molecule is Cc1cccc(Oc2cccc([C@H](O)C=CC3CCC(=O)N3CCCCCCC(=O)O)c2)c1. The Balaban J connectivity index is 1.53. The first-order valence-corrected chi connectivity index (χ1v) is 11.6. The Labute approximate surface area is 195 Å². The van der Waals surface area contributed by atoms with Gasteiger partial charge in [0, 0.05) is 19.4 Å². The number of carbonyl (C=O) groups is 2. The third kappa shape index (κ3) is 7.75. The average molecular weight is 452 g/mol. The summed E-state index contributed by atoms with van der Waals surface area (Å²) in [4.78, 5) is 24.7. The maximum absolute atomic E-state index is 12.3. The molecule has 1 aliphatic rings. The summed E-state index contributed by atoms with van der Waals surface area (Å²) in [5.41, 5.74) is 1.84. The average Bonchev–Trinajstić information content (AvgIpc) is 3.13. The van der Waals surface area contributed by atoms with Crippen molar-refractivity contribution < 1.29 is 24.5 Å². The monoisotopic (exact) mass is 451 g/mol. The minimum atomic E-state index is -0.792. The Hall–Kier alpha value is -3.12. The van der Waals surface area contributed by atoms with Crippen LogP contribution < -0.4 is 4.74 Å². The third-order valence-corrected chi connectivity index (χ3v) is 5.85. The van der Waals surface area contributed by atoms with E-state index in [-0.39, 0.29) is 18.4 Å². The molecule has 3 rings (SSSR count). The molecule has 2 atom stereocenters. The van der Waals surface area contributed by atoms with E-state index in [4.69, 9.17) is 9.84 Å². The number of aryl methyl sites for hydroxylation is 1. The second-order valence-electron chi connectivity index (χ2n) is 8.57. The number of hydrogen-bond acceptors (Lipinski definition) is 4. The normalized spacial score (nSPS) is 17.0. The number of carbonyl (C=O) groups excluding carboxylic acids is 1. The van der Waals surface area contributed by atoms with Gasteiger partial charge in [0.25, 0.3) is 0 Å². The quantitative estimate of drug-likeness (QED) is 0.333. The van der Waals surface area contributed by atoms with Crippen LogP contribution >= 0.6 is 0 Å². The molecule has 1 aliphatic heterocycles. The number of ether oxygens (including phenoxy) is 1. The molecule has 0 spiro atoms. The van der Waals surface area contributed by atoms with Crippen LogP contribution in [0.5, 0.6) is 11.5 Å². The van der Waals surface area contributed by atoms with Crippen LogP contribution in [0, 0.1) is 6.92 Å². The van der Waals surface area contributed by atoms with E-state index in [0.717, 1.165) is 42.6 Å². The van der Waals surface area contributed by atoms with Crippen LogP contribution in [0.1, 0.15) is 62.2 Å². The van der Waals surface area contributed by atoms with Crippen LogP contribution in [0.25, 0.3) is 0 Å². The van der Waals surface area contributed by atoms with Gasteiger partial charge < -0.3 is 19.8 Å². The summed E-state index contributed by atoms with van der Waals surface area (Å²) in [6, 6.07) is 15.2. The van der Waals surface area contributed by atoms with Gasteiger partial charge in [0.1, 0.15) is 11.5 Å². The van der Waals surface area contributed by atoms with Gasteiger partial charge in [-0.2, -0.15) is 0 Å². The van der Waals surface area contributed by atoms with E-state index in [1.165, 1.54) is 0 Å². The smallest absolute Gasteiger partial charge is 0.303 e. The van der Waals surface area contributed by atoms with Gasteiger partial charge in [-0.1, -0.05) is 49.3 Å². The maximum Gasteiger partial charge on any atom is 0.303 e. The molecule has 1 amide bonds. The number of aliphatic hydroxyl groups excluding tert-OH is 1. The van der Waals surface area contributed by atoms with Crippen LogP contribution in [0.4, 0.5) is 0 Å². The number of carboxylic acid groups (broad SMARTS) is 1. The lowest BCUT2D eigenvalue weighted by molar-refractivity contribution is -0.137. The van der Waals surface area contributed by atoms with Crippen molar-refractivity contribution in [3.63, 3.8) is 0 Å². The van der Waals surface area contributed by atoms with Crippen LogP contribution in [-0.2, 0) is 9.59 Å². The Kier molecular flexibility index (Phi) is 9.07. The molecular formula is C27H33NO5. The standard InChI is InChI=1S/C27H33NO5/c1-20-8-6-10-23(18-20)33-24-11-7-9-21(19-24)25(29)15-13-22-14-16-26(30)28(22)17-5-3-2-4-12-27(31)32/h6-11,13,15,18-19,22,25,29H,2-5,12,14,16-17H2,1H3,(H,31,32)/t22?,25-/m1/s1. The Morgan fingerprint density at radius 2 is 1.85 bits per heavy atom. The van der Waals surface area contributed by atoms with Crippen LogP contribution in [-0.4, -0.2) is 39.6 Å². The van der Waals surface area contributed by atoms with E-state index in [9.17, 15) is 14.7 Å². The number of aliphatic hydroxyl groups is 1. The van der Waals surface area contributed by atoms with Gasteiger partial charge in [0.05, 0.1) is 12.1 Å². The van der Waals surface area contributed by atoms with Crippen molar-refractivity contribution in [2.45, 2.75) is 64.0 Å². The molecule has 1 heterocycles. The zero-order valence-corrected chi connectivity index (χ0v) is 19.2. The molecule has 0 saturated carbocycles. The topological polar surface area (TPSA) is 87.1 Å². The Morgan fingerprint density at radius 3 is 2.61 bits per heavy atom. The number of amides is 1. The van der Waals surface area contributed by atoms with Gasteiger partial charge >= 0.3 is 5.97 Å². The predicted octanol–water partition coefficient (Wildman–Crippen LogP) is 5.40. The minimum absolute atomic E-state index is 0.0158. The Morgan fingerprint density at radius 1 is 1.12 bits per heavy atom. The molecule has 2 N–H and O–H groups in total. The summed E-state index contributed by atoms with van der Waals surface area (Å²) in [6.45, 7) is 2.67. The first-order valence-electron chi connectivity index (χ1n) is 11.6. The van der Waals surface area contributed by atoms with E-state index in [0.29, 0.717) is 25.1 Å². The molecule has 176 valence electrons. The van der Waals surface area contributed by atoms with Gasteiger partial charge in [-0.3, -0.25) is 9.59 Å². The van der Waals surface area contributed by atoms with Crippen molar-refractivity contribution in [1.29, 1.82) is 0 Å². The molecular weight excluding hydrogens is 418 g/mol. The largest absolute Gasteiger partial charge is 0.481 e. The Bertz CT molecular complexity index is 970. The highest BCUT2D eigenvalue weighted by molar-refractivity contribution is 5.79. The summed E-state index contributed by atoms with van der Waals surface area (Å²) < 4.78 is 5.92. The van der Waals surface area contributed by atoms with Gasteiger partial charge in [-0.15, -0.1) is 0 Å². The number of rotatable bonds is 12. The van der Waals surface area contributed by atoms with E-state index in [1.54, 1.807) is 6.08 Å². The molecule has 0 aromatic heterocycles. The molecule has 0 bridgehead atoms. The summed E-state index contributed by atoms with van der Waals surface area (Å²) >= 11 is 0. The molecule has 0 radical (unpaired) electrons. The maximum atomic E-state index is 12.3. The van der Waals surface area contributed by atoms with Crippen molar-refractivity contribution in [3.8, 4) is 11.5 Å². The predicted molar refractivity (Wildman–Crippen MR) is 127 cm³/mol. The van der Waals surface area contributed by atoms with Crippen molar-refractivity contribution in [2.24, 2.45) is 0 Å². The van der Waals surface area contributed by atoms with Crippen molar-refractivity contribution in [2.75, 3.05) is 6.54 Å². The van der Waals surface area contributed by atoms with Crippen LogP contribution in [0.2, 0.25) is 0 Å². The lowest BCUT2D eigenvalue weighted by atomic mass is 10.1. The molecule has 1 fully saturated rings. The fraction of sp³-hybridized carbons (Fsp3) is 0.407. The number of carboxylic acids is 1. The molecule has 1 unspecified atom stereocenters. The zero-order chi connectivity index (χ0) is 23.6. The molecule has 0 aliphatic carbocycles.